The fraction of sp³-hybridized carbons (Fsp3) is 0.300. The first kappa shape index (κ1) is 13.2. The third kappa shape index (κ3) is 2.43. The monoisotopic (exact) mass is 262 g/mol. The summed E-state index contributed by atoms with van der Waals surface area (Å²) in [6.45, 7) is 4.51. The van der Waals surface area contributed by atoms with Gasteiger partial charge >= 0.3 is 0 Å². The summed E-state index contributed by atoms with van der Waals surface area (Å²) in [7, 11) is 0. The van der Waals surface area contributed by atoms with Crippen LogP contribution in [0.25, 0.3) is 17.2 Å². The molecule has 0 saturated carbocycles. The zero-order valence-corrected chi connectivity index (χ0v) is 12.4. The lowest BCUT2D eigenvalue weighted by atomic mass is 9.91. The van der Waals surface area contributed by atoms with Gasteiger partial charge in [-0.05, 0) is 54.0 Å². The molecule has 20 heavy (non-hydrogen) atoms. The van der Waals surface area contributed by atoms with E-state index < -0.39 is 0 Å². The second-order valence-electron chi connectivity index (χ2n) is 5.80. The summed E-state index contributed by atoms with van der Waals surface area (Å²) < 4.78 is 0. The molecule has 2 aromatic rings. The quantitative estimate of drug-likeness (QED) is 0.667. The molecule has 0 amide bonds. The Hall–Kier alpha value is -1.82. The van der Waals surface area contributed by atoms with E-state index in [9.17, 15) is 0 Å². The highest BCUT2D eigenvalue weighted by Crippen LogP contribution is 2.36. The van der Waals surface area contributed by atoms with E-state index in [1.54, 1.807) is 11.1 Å². The predicted molar refractivity (Wildman–Crippen MR) is 87.8 cm³/mol. The van der Waals surface area contributed by atoms with Gasteiger partial charge in [-0.2, -0.15) is 0 Å². The van der Waals surface area contributed by atoms with E-state index in [1.807, 2.05) is 0 Å². The van der Waals surface area contributed by atoms with Crippen molar-refractivity contribution in [2.24, 2.45) is 0 Å². The van der Waals surface area contributed by atoms with Gasteiger partial charge in [0.1, 0.15) is 0 Å². The van der Waals surface area contributed by atoms with E-state index in [0.717, 1.165) is 6.42 Å². The summed E-state index contributed by atoms with van der Waals surface area (Å²) in [6, 6.07) is 15.4. The lowest BCUT2D eigenvalue weighted by Gasteiger charge is -2.13. The molecule has 0 aliphatic heterocycles. The van der Waals surface area contributed by atoms with E-state index in [1.165, 1.54) is 41.5 Å². The number of unbranched alkanes of at least 4 members (excludes halogenated alkanes) is 1. The van der Waals surface area contributed by atoms with Crippen LogP contribution >= 0.6 is 0 Å². The van der Waals surface area contributed by atoms with Gasteiger partial charge in [0.2, 0.25) is 0 Å². The molecule has 0 saturated heterocycles. The van der Waals surface area contributed by atoms with E-state index in [4.69, 9.17) is 0 Å². The van der Waals surface area contributed by atoms with Crippen LogP contribution in [-0.2, 0) is 12.8 Å². The van der Waals surface area contributed by atoms with Crippen molar-refractivity contribution in [1.29, 1.82) is 0 Å². The average Bonchev–Trinajstić information content (AvgIpc) is 2.87. The van der Waals surface area contributed by atoms with Gasteiger partial charge in [-0.25, -0.2) is 0 Å². The molecule has 0 nitrogen and oxygen atoms in total. The topological polar surface area (TPSA) is 0 Å². The maximum Gasteiger partial charge on any atom is -0.00576 e. The van der Waals surface area contributed by atoms with Crippen LogP contribution in [0, 0.1) is 0 Å². The Morgan fingerprint density at radius 3 is 2.55 bits per heavy atom. The van der Waals surface area contributed by atoms with Crippen LogP contribution in [-0.4, -0.2) is 0 Å². The molecule has 0 bridgehead atoms. The molecule has 0 aromatic heterocycles. The van der Waals surface area contributed by atoms with Crippen molar-refractivity contribution >= 4 is 6.08 Å². The zero-order chi connectivity index (χ0) is 13.9. The Bertz CT molecular complexity index is 633. The highest BCUT2D eigenvalue weighted by Gasteiger charge is 2.17. The molecule has 0 radical (unpaired) electrons. The van der Waals surface area contributed by atoms with Crippen LogP contribution in [0.2, 0.25) is 0 Å². The SMILES string of the molecule is CCCCc1ccc(-c2ccccc2)c2c1CC(C)=C2. The van der Waals surface area contributed by atoms with Crippen molar-refractivity contribution in [2.75, 3.05) is 0 Å². The van der Waals surface area contributed by atoms with E-state index >= 15 is 0 Å². The second kappa shape index (κ2) is 5.66. The number of allylic oxidation sites excluding steroid dienone is 1. The molecule has 0 spiro atoms. The summed E-state index contributed by atoms with van der Waals surface area (Å²) in [5, 5.41) is 0. The normalized spacial score (nSPS) is 13.2. The lowest BCUT2D eigenvalue weighted by Crippen LogP contribution is -1.96. The van der Waals surface area contributed by atoms with Crippen LogP contribution in [0.4, 0.5) is 0 Å². The van der Waals surface area contributed by atoms with Crippen molar-refractivity contribution in [3.8, 4) is 11.1 Å². The van der Waals surface area contributed by atoms with Gasteiger partial charge in [0.05, 0.1) is 0 Å². The zero-order valence-electron chi connectivity index (χ0n) is 12.4. The van der Waals surface area contributed by atoms with Gasteiger partial charge < -0.3 is 0 Å². The van der Waals surface area contributed by atoms with Crippen LogP contribution in [0.15, 0.2) is 48.0 Å². The molecular formula is C20H22. The highest BCUT2D eigenvalue weighted by molar-refractivity contribution is 5.81. The third-order valence-corrected chi connectivity index (χ3v) is 4.18. The molecule has 2 aromatic carbocycles. The number of rotatable bonds is 4. The summed E-state index contributed by atoms with van der Waals surface area (Å²) in [6.07, 6.45) is 7.29. The van der Waals surface area contributed by atoms with E-state index in [-0.39, 0.29) is 0 Å². The lowest BCUT2D eigenvalue weighted by molar-refractivity contribution is 0.789. The van der Waals surface area contributed by atoms with Crippen LogP contribution < -0.4 is 0 Å². The predicted octanol–water partition coefficient (Wildman–Crippen LogP) is 5.66. The molecule has 0 heteroatoms. The molecule has 0 fully saturated rings. The van der Waals surface area contributed by atoms with E-state index in [0.29, 0.717) is 0 Å². The molecule has 3 rings (SSSR count). The first-order chi connectivity index (χ1) is 9.79. The summed E-state index contributed by atoms with van der Waals surface area (Å²) in [4.78, 5) is 0. The maximum absolute atomic E-state index is 2.38. The van der Waals surface area contributed by atoms with Gasteiger partial charge in [0.15, 0.2) is 0 Å². The van der Waals surface area contributed by atoms with Gasteiger partial charge in [0.25, 0.3) is 0 Å². The highest BCUT2D eigenvalue weighted by atomic mass is 14.2. The molecule has 1 aliphatic rings. The third-order valence-electron chi connectivity index (χ3n) is 4.18. The Labute approximate surface area is 122 Å². The average molecular weight is 262 g/mol. The van der Waals surface area contributed by atoms with Gasteiger partial charge in [-0.15, -0.1) is 0 Å². The van der Waals surface area contributed by atoms with Crippen LogP contribution in [0.1, 0.15) is 43.4 Å². The Morgan fingerprint density at radius 2 is 1.80 bits per heavy atom. The van der Waals surface area contributed by atoms with Crippen molar-refractivity contribution in [2.45, 2.75) is 39.5 Å². The minimum absolute atomic E-state index is 1.13. The van der Waals surface area contributed by atoms with Gasteiger partial charge in [-0.1, -0.05) is 67.5 Å². The van der Waals surface area contributed by atoms with E-state index in [2.05, 4.69) is 62.4 Å². The molecule has 0 N–H and O–H groups in total. The first-order valence-corrected chi connectivity index (χ1v) is 7.67. The number of fused-ring (bicyclic) bond motifs is 1. The minimum atomic E-state index is 1.13. The van der Waals surface area contributed by atoms with Crippen LogP contribution in [0.3, 0.4) is 0 Å². The number of hydrogen-bond donors (Lipinski definition) is 0. The van der Waals surface area contributed by atoms with Crippen molar-refractivity contribution in [3.63, 3.8) is 0 Å². The molecule has 102 valence electrons. The van der Waals surface area contributed by atoms with Gasteiger partial charge in [-0.3, -0.25) is 0 Å². The molecule has 0 heterocycles. The van der Waals surface area contributed by atoms with Crippen molar-refractivity contribution in [1.82, 2.24) is 0 Å². The largest absolute Gasteiger partial charge is 0.0683 e. The Kier molecular flexibility index (Phi) is 3.73. The summed E-state index contributed by atoms with van der Waals surface area (Å²) in [5.41, 5.74) is 8.78. The Morgan fingerprint density at radius 1 is 1.00 bits per heavy atom. The molecule has 0 atom stereocenters. The smallest absolute Gasteiger partial charge is 0.00576 e. The van der Waals surface area contributed by atoms with Crippen LogP contribution in [0.5, 0.6) is 0 Å². The standard InChI is InChI=1S/C20H22/c1-3-4-8-17-11-12-18(16-9-6-5-7-10-16)20-14-15(2)13-19(17)20/h5-7,9-12,14H,3-4,8,13H2,1-2H3. The van der Waals surface area contributed by atoms with Crippen molar-refractivity contribution in [3.05, 3.63) is 64.7 Å². The number of hydrogen-bond acceptors (Lipinski definition) is 0. The van der Waals surface area contributed by atoms with Crippen molar-refractivity contribution < 1.29 is 0 Å². The molecular weight excluding hydrogens is 240 g/mol. The summed E-state index contributed by atoms with van der Waals surface area (Å²) >= 11 is 0. The first-order valence-electron chi connectivity index (χ1n) is 7.67. The minimum Gasteiger partial charge on any atom is -0.0683 e. The van der Waals surface area contributed by atoms with Gasteiger partial charge in [0, 0.05) is 0 Å². The fourth-order valence-corrected chi connectivity index (χ4v) is 3.13. The molecule has 0 unspecified atom stereocenters. The second-order valence-corrected chi connectivity index (χ2v) is 5.80. The summed E-state index contributed by atoms with van der Waals surface area (Å²) in [5.74, 6) is 0. The number of benzene rings is 2. The Balaban J connectivity index is 2.07. The maximum atomic E-state index is 2.38. The molecule has 1 aliphatic carbocycles. The fourth-order valence-electron chi connectivity index (χ4n) is 3.13. The number of aryl methyl sites for hydroxylation is 1.